The first kappa shape index (κ1) is 19.0. The van der Waals surface area contributed by atoms with Gasteiger partial charge in [-0.1, -0.05) is 23.7 Å². The van der Waals surface area contributed by atoms with E-state index in [1.54, 1.807) is 19.2 Å². The third-order valence-corrected chi connectivity index (χ3v) is 3.85. The Morgan fingerprint density at radius 3 is 2.52 bits per heavy atom. The molecule has 2 rings (SSSR count). The van der Waals surface area contributed by atoms with Gasteiger partial charge in [-0.2, -0.15) is 5.26 Å². The lowest BCUT2D eigenvalue weighted by Gasteiger charge is -2.12. The maximum atomic E-state index is 13.2. The van der Waals surface area contributed by atoms with Gasteiger partial charge >= 0.3 is 0 Å². The van der Waals surface area contributed by atoms with Crippen molar-refractivity contribution >= 4 is 11.6 Å². The Hall–Kier alpha value is -2.29. The van der Waals surface area contributed by atoms with E-state index in [2.05, 4.69) is 11.4 Å². The van der Waals surface area contributed by atoms with Gasteiger partial charge in [0.15, 0.2) is 11.5 Å². The van der Waals surface area contributed by atoms with E-state index in [1.807, 2.05) is 18.2 Å². The average Bonchev–Trinajstić information content (AvgIpc) is 2.62. The molecule has 0 spiro atoms. The second kappa shape index (κ2) is 9.87. The fourth-order valence-corrected chi connectivity index (χ4v) is 2.48. The predicted octanol–water partition coefficient (Wildman–Crippen LogP) is 4.46. The molecule has 0 heterocycles. The Bertz CT molecular complexity index is 747. The SMILES string of the molecule is COc1ccc(CNCc2ccc(F)c(Cl)c2)cc1OCCCC#N. The van der Waals surface area contributed by atoms with Crippen LogP contribution in [0.5, 0.6) is 11.5 Å². The van der Waals surface area contributed by atoms with E-state index < -0.39 is 5.82 Å². The van der Waals surface area contributed by atoms with Crippen molar-refractivity contribution < 1.29 is 13.9 Å². The van der Waals surface area contributed by atoms with Crippen molar-refractivity contribution in [1.29, 1.82) is 5.26 Å². The van der Waals surface area contributed by atoms with Gasteiger partial charge in [0.05, 0.1) is 24.8 Å². The summed E-state index contributed by atoms with van der Waals surface area (Å²) in [7, 11) is 1.59. The lowest BCUT2D eigenvalue weighted by molar-refractivity contribution is 0.290. The Kier molecular flexibility index (Phi) is 7.52. The molecule has 2 aromatic rings. The number of nitrogens with one attached hydrogen (secondary N) is 1. The van der Waals surface area contributed by atoms with Crippen LogP contribution in [0.2, 0.25) is 5.02 Å². The molecule has 0 aliphatic carbocycles. The molecular formula is C19H20ClFN2O2. The van der Waals surface area contributed by atoms with E-state index in [0.717, 1.165) is 11.1 Å². The van der Waals surface area contributed by atoms with Gasteiger partial charge in [-0.15, -0.1) is 0 Å². The molecule has 0 aliphatic heterocycles. The Morgan fingerprint density at radius 1 is 1.12 bits per heavy atom. The number of benzene rings is 2. The quantitative estimate of drug-likeness (QED) is 0.669. The zero-order chi connectivity index (χ0) is 18.1. The van der Waals surface area contributed by atoms with Crippen molar-refractivity contribution in [2.45, 2.75) is 25.9 Å². The molecule has 2 aromatic carbocycles. The number of nitrogens with zero attached hydrogens (tertiary/aromatic N) is 1. The number of nitriles is 1. The number of ether oxygens (including phenoxy) is 2. The highest BCUT2D eigenvalue weighted by Crippen LogP contribution is 2.28. The van der Waals surface area contributed by atoms with Crippen LogP contribution in [0.4, 0.5) is 4.39 Å². The molecule has 25 heavy (non-hydrogen) atoms. The molecule has 4 nitrogen and oxygen atoms in total. The first-order valence-corrected chi connectivity index (χ1v) is 8.33. The maximum absolute atomic E-state index is 13.2. The molecule has 0 atom stereocenters. The molecular weight excluding hydrogens is 343 g/mol. The molecule has 0 saturated heterocycles. The summed E-state index contributed by atoms with van der Waals surface area (Å²) in [5, 5.41) is 12.0. The van der Waals surface area contributed by atoms with Gasteiger partial charge in [0.25, 0.3) is 0 Å². The van der Waals surface area contributed by atoms with Crippen molar-refractivity contribution in [3.8, 4) is 17.6 Å². The highest BCUT2D eigenvalue weighted by molar-refractivity contribution is 6.30. The largest absolute Gasteiger partial charge is 0.493 e. The van der Waals surface area contributed by atoms with Crippen LogP contribution >= 0.6 is 11.6 Å². The summed E-state index contributed by atoms with van der Waals surface area (Å²) in [5.41, 5.74) is 1.94. The normalized spacial score (nSPS) is 10.3. The maximum Gasteiger partial charge on any atom is 0.161 e. The number of hydrogen-bond acceptors (Lipinski definition) is 4. The van der Waals surface area contributed by atoms with E-state index in [0.29, 0.717) is 44.0 Å². The molecule has 0 amide bonds. The van der Waals surface area contributed by atoms with Crippen LogP contribution in [-0.4, -0.2) is 13.7 Å². The summed E-state index contributed by atoms with van der Waals surface area (Å²) in [6.45, 7) is 1.66. The third-order valence-electron chi connectivity index (χ3n) is 3.56. The van der Waals surface area contributed by atoms with Gasteiger partial charge in [0.2, 0.25) is 0 Å². The molecule has 0 aliphatic rings. The second-order valence-corrected chi connectivity index (χ2v) is 5.85. The highest BCUT2D eigenvalue weighted by atomic mass is 35.5. The van der Waals surface area contributed by atoms with Gasteiger partial charge in [-0.05, 0) is 41.8 Å². The highest BCUT2D eigenvalue weighted by Gasteiger charge is 2.06. The van der Waals surface area contributed by atoms with Gasteiger partial charge in [0.1, 0.15) is 5.82 Å². The summed E-state index contributed by atoms with van der Waals surface area (Å²) < 4.78 is 24.2. The summed E-state index contributed by atoms with van der Waals surface area (Å²) >= 11 is 5.78. The van der Waals surface area contributed by atoms with E-state index in [4.69, 9.17) is 26.3 Å². The van der Waals surface area contributed by atoms with E-state index in [9.17, 15) is 4.39 Å². The van der Waals surface area contributed by atoms with Crippen LogP contribution in [0.1, 0.15) is 24.0 Å². The van der Waals surface area contributed by atoms with Crippen molar-refractivity contribution in [3.63, 3.8) is 0 Å². The van der Waals surface area contributed by atoms with Gasteiger partial charge in [-0.3, -0.25) is 0 Å². The topological polar surface area (TPSA) is 54.3 Å². The Labute approximate surface area is 152 Å². The minimum absolute atomic E-state index is 0.122. The lowest BCUT2D eigenvalue weighted by Crippen LogP contribution is -2.13. The Morgan fingerprint density at radius 2 is 1.84 bits per heavy atom. The monoisotopic (exact) mass is 362 g/mol. The van der Waals surface area contributed by atoms with E-state index in [1.165, 1.54) is 6.07 Å². The molecule has 6 heteroatoms. The van der Waals surface area contributed by atoms with Crippen LogP contribution in [0.25, 0.3) is 0 Å². The molecule has 0 bridgehead atoms. The zero-order valence-corrected chi connectivity index (χ0v) is 14.8. The number of unbranched alkanes of at least 4 members (excludes halogenated alkanes) is 1. The minimum atomic E-state index is -0.418. The predicted molar refractivity (Wildman–Crippen MR) is 95.3 cm³/mol. The van der Waals surface area contributed by atoms with Crippen molar-refractivity contribution in [2.24, 2.45) is 0 Å². The smallest absolute Gasteiger partial charge is 0.161 e. The van der Waals surface area contributed by atoms with Gasteiger partial charge < -0.3 is 14.8 Å². The summed E-state index contributed by atoms with van der Waals surface area (Å²) in [4.78, 5) is 0. The molecule has 132 valence electrons. The first-order chi connectivity index (χ1) is 12.1. The van der Waals surface area contributed by atoms with E-state index in [-0.39, 0.29) is 5.02 Å². The standard InChI is InChI=1S/C19H20ClFN2O2/c1-24-18-7-5-15(11-19(18)25-9-3-2-8-22)13-23-12-14-4-6-17(21)16(20)10-14/h4-7,10-11,23H,2-3,9,12-13H2,1H3. The average molecular weight is 363 g/mol. The summed E-state index contributed by atoms with van der Waals surface area (Å²) in [6, 6.07) is 12.5. The molecule has 0 radical (unpaired) electrons. The Balaban J connectivity index is 1.92. The van der Waals surface area contributed by atoms with E-state index >= 15 is 0 Å². The molecule has 0 aromatic heterocycles. The van der Waals surface area contributed by atoms with Crippen LogP contribution in [0.15, 0.2) is 36.4 Å². The number of halogens is 2. The zero-order valence-electron chi connectivity index (χ0n) is 14.0. The lowest BCUT2D eigenvalue weighted by atomic mass is 10.2. The number of rotatable bonds is 9. The second-order valence-electron chi connectivity index (χ2n) is 5.45. The molecule has 0 fully saturated rings. The fourth-order valence-electron chi connectivity index (χ4n) is 2.28. The molecule has 0 unspecified atom stereocenters. The minimum Gasteiger partial charge on any atom is -0.493 e. The van der Waals surface area contributed by atoms with Crippen LogP contribution in [-0.2, 0) is 13.1 Å². The van der Waals surface area contributed by atoms with Crippen molar-refractivity contribution in [1.82, 2.24) is 5.32 Å². The summed E-state index contributed by atoms with van der Waals surface area (Å²) in [5.74, 6) is 0.898. The number of hydrogen-bond donors (Lipinski definition) is 1. The molecule has 0 saturated carbocycles. The van der Waals surface area contributed by atoms with Gasteiger partial charge in [-0.25, -0.2) is 4.39 Å². The summed E-state index contributed by atoms with van der Waals surface area (Å²) in [6.07, 6.45) is 1.14. The van der Waals surface area contributed by atoms with Crippen molar-refractivity contribution in [2.75, 3.05) is 13.7 Å². The van der Waals surface area contributed by atoms with Crippen LogP contribution in [0.3, 0.4) is 0 Å². The fraction of sp³-hybridized carbons (Fsp3) is 0.316. The molecule has 1 N–H and O–H groups in total. The third kappa shape index (κ3) is 5.93. The first-order valence-electron chi connectivity index (χ1n) is 7.95. The number of methoxy groups -OCH3 is 1. The van der Waals surface area contributed by atoms with Crippen LogP contribution < -0.4 is 14.8 Å². The van der Waals surface area contributed by atoms with Gasteiger partial charge in [0, 0.05) is 19.5 Å². The van der Waals surface area contributed by atoms with Crippen LogP contribution in [0, 0.1) is 17.1 Å². The van der Waals surface area contributed by atoms with Crippen molar-refractivity contribution in [3.05, 3.63) is 58.4 Å².